The van der Waals surface area contributed by atoms with Gasteiger partial charge < -0.3 is 54.1 Å². The highest BCUT2D eigenvalue weighted by atomic mass is 16.5. The van der Waals surface area contributed by atoms with Crippen LogP contribution in [0.4, 0.5) is 34.1 Å². The van der Waals surface area contributed by atoms with Crippen LogP contribution in [0, 0.1) is 0 Å². The second kappa shape index (κ2) is 34.2. The Labute approximate surface area is 594 Å². The number of likely N-dealkylation sites (tertiary alicyclic amines) is 1. The number of phenolic OH excluding ortho intramolecular Hbond substituents is 1. The first-order chi connectivity index (χ1) is 49.6. The zero-order chi connectivity index (χ0) is 71.7. The van der Waals surface area contributed by atoms with Crippen LogP contribution in [-0.4, -0.2) is 179 Å². The fourth-order valence-corrected chi connectivity index (χ4v) is 12.3. The number of nitrogens with zero attached hydrogens (tertiary/aromatic N) is 16. The molecule has 0 spiro atoms. The van der Waals surface area contributed by atoms with Crippen LogP contribution in [0.15, 0.2) is 165 Å². The molecule has 6 aromatic heterocycles. The second-order valence-electron chi connectivity index (χ2n) is 25.1. The van der Waals surface area contributed by atoms with E-state index in [1.807, 2.05) is 117 Å². The molecule has 6 aromatic carbocycles. The van der Waals surface area contributed by atoms with Gasteiger partial charge in [0, 0.05) is 158 Å². The van der Waals surface area contributed by atoms with Crippen molar-refractivity contribution < 1.29 is 34.0 Å². The smallest absolute Gasteiger partial charge is 0.240 e. The predicted molar refractivity (Wildman–Crippen MR) is 401 cm³/mol. The summed E-state index contributed by atoms with van der Waals surface area (Å²) in [5, 5.41) is 37.6. The van der Waals surface area contributed by atoms with E-state index in [0.29, 0.717) is 35.7 Å². The Balaban J connectivity index is 0.000000155. The fourth-order valence-electron chi connectivity index (χ4n) is 12.3. The SMILES string of the molecule is CCN(CC)Cc1cc(OC)cc(N(CCCN2CCCC2)c2ccc3ncc(-c4cnn(C)c4)nc3c2)c1.COc1cc(O)cc(N(CCCO)c2ccc3ncc(-c4cn[nH]c4)nc3c2)c1.COc1cc(OC)cc(N(CC(=O)NC(C)C)c2ccc3ncc(-c4cnn(C)c4)nc3c2)c1. The third-order valence-electron chi connectivity index (χ3n) is 17.5. The lowest BCUT2D eigenvalue weighted by Crippen LogP contribution is -2.38. The van der Waals surface area contributed by atoms with Gasteiger partial charge in [0.2, 0.25) is 5.91 Å². The third-order valence-corrected chi connectivity index (χ3v) is 17.5. The molecule has 1 amide bonds. The number of hydrogen-bond acceptors (Lipinski definition) is 21. The van der Waals surface area contributed by atoms with E-state index in [2.05, 4.69) is 101 Å². The Bertz CT molecular complexity index is 4720. The van der Waals surface area contributed by atoms with Crippen molar-refractivity contribution in [3.05, 3.63) is 171 Å². The summed E-state index contributed by atoms with van der Waals surface area (Å²) in [6.07, 6.45) is 20.5. The summed E-state index contributed by atoms with van der Waals surface area (Å²) < 4.78 is 25.5. The normalized spacial score (nSPS) is 12.1. The summed E-state index contributed by atoms with van der Waals surface area (Å²) in [7, 11) is 10.3. The van der Waals surface area contributed by atoms with Gasteiger partial charge >= 0.3 is 0 Å². The maximum absolute atomic E-state index is 12.8. The van der Waals surface area contributed by atoms with Crippen LogP contribution >= 0.6 is 0 Å². The van der Waals surface area contributed by atoms with Crippen molar-refractivity contribution in [3.8, 4) is 62.5 Å². The summed E-state index contributed by atoms with van der Waals surface area (Å²) in [6, 6.07) is 35.2. The fraction of sp³-hybridized carbons (Fsp3) is 0.325. The lowest BCUT2D eigenvalue weighted by Gasteiger charge is -2.28. The van der Waals surface area contributed by atoms with Crippen LogP contribution < -0.4 is 39.0 Å². The minimum Gasteiger partial charge on any atom is -0.508 e. The maximum Gasteiger partial charge on any atom is 0.240 e. The van der Waals surface area contributed by atoms with Gasteiger partial charge in [0.25, 0.3) is 0 Å². The highest BCUT2D eigenvalue weighted by Crippen LogP contribution is 2.38. The lowest BCUT2D eigenvalue weighted by molar-refractivity contribution is -0.120. The van der Waals surface area contributed by atoms with Crippen molar-refractivity contribution in [2.45, 2.75) is 66.0 Å². The van der Waals surface area contributed by atoms with Crippen molar-refractivity contribution in [2.75, 3.05) is 102 Å². The summed E-state index contributed by atoms with van der Waals surface area (Å²) in [5.41, 5.74) is 16.4. The molecule has 0 aliphatic carbocycles. The molecule has 0 saturated carbocycles. The van der Waals surface area contributed by atoms with Crippen molar-refractivity contribution >= 4 is 73.1 Å². The van der Waals surface area contributed by atoms with Crippen LogP contribution in [0.1, 0.15) is 58.9 Å². The van der Waals surface area contributed by atoms with Gasteiger partial charge in [0.1, 0.15) is 35.3 Å². The number of ether oxygens (including phenoxy) is 4. The molecule has 0 bridgehead atoms. The number of fused-ring (bicyclic) bond motifs is 3. The number of rotatable bonds is 27. The summed E-state index contributed by atoms with van der Waals surface area (Å²) >= 11 is 0. The molecule has 1 fully saturated rings. The summed E-state index contributed by atoms with van der Waals surface area (Å²) in [4.78, 5) is 52.3. The molecule has 1 aliphatic rings. The number of carbonyl (C=O) groups excluding carboxylic acids is 1. The average Bonchev–Trinajstić information content (AvgIpc) is 1.07. The van der Waals surface area contributed by atoms with Gasteiger partial charge in [-0.15, -0.1) is 0 Å². The first-order valence-electron chi connectivity index (χ1n) is 34.3. The molecule has 0 radical (unpaired) electrons. The van der Waals surface area contributed by atoms with Gasteiger partial charge in [-0.1, -0.05) is 13.8 Å². The Morgan fingerprint density at radius 3 is 1.48 bits per heavy atom. The van der Waals surface area contributed by atoms with Gasteiger partial charge in [-0.05, 0) is 145 Å². The molecule has 7 heterocycles. The lowest BCUT2D eigenvalue weighted by atomic mass is 10.1. The first-order valence-corrected chi connectivity index (χ1v) is 34.3. The molecular formula is C77H90N18O7. The third kappa shape index (κ3) is 18.4. The van der Waals surface area contributed by atoms with Crippen LogP contribution in [0.5, 0.6) is 28.7 Å². The number of nitrogens with one attached hydrogen (secondary N) is 2. The molecule has 102 heavy (non-hydrogen) atoms. The highest BCUT2D eigenvalue weighted by Gasteiger charge is 2.22. The number of phenols is 1. The number of aryl methyl sites for hydroxylation is 2. The molecular weight excluding hydrogens is 1290 g/mol. The topological polar surface area (TPSA) is 264 Å². The number of aromatic hydroxyl groups is 1. The van der Waals surface area contributed by atoms with Gasteiger partial charge in [0.15, 0.2) is 0 Å². The number of aromatic nitrogens is 12. The number of hydrogen-bond donors (Lipinski definition) is 4. The summed E-state index contributed by atoms with van der Waals surface area (Å²) in [6.45, 7) is 16.4. The Morgan fingerprint density at radius 2 is 1.02 bits per heavy atom. The monoisotopic (exact) mass is 1380 g/mol. The molecule has 0 atom stereocenters. The van der Waals surface area contributed by atoms with E-state index in [4.69, 9.17) is 38.9 Å². The van der Waals surface area contributed by atoms with Gasteiger partial charge in [-0.2, -0.15) is 15.3 Å². The van der Waals surface area contributed by atoms with Crippen LogP contribution in [-0.2, 0) is 25.4 Å². The summed E-state index contributed by atoms with van der Waals surface area (Å²) in [5.74, 6) is 2.70. The van der Waals surface area contributed by atoms with E-state index < -0.39 is 0 Å². The van der Waals surface area contributed by atoms with E-state index >= 15 is 0 Å². The number of methoxy groups -OCH3 is 4. The molecule has 12 aromatic rings. The Morgan fingerprint density at radius 1 is 0.549 bits per heavy atom. The van der Waals surface area contributed by atoms with Crippen LogP contribution in [0.3, 0.4) is 0 Å². The minimum absolute atomic E-state index is 0.0266. The molecule has 25 heteroatoms. The van der Waals surface area contributed by atoms with Crippen LogP contribution in [0.25, 0.3) is 66.9 Å². The van der Waals surface area contributed by atoms with Gasteiger partial charge in [0.05, 0.1) is 116 Å². The van der Waals surface area contributed by atoms with Gasteiger partial charge in [-0.3, -0.25) is 39.1 Å². The van der Waals surface area contributed by atoms with Crippen molar-refractivity contribution in [3.63, 3.8) is 0 Å². The largest absolute Gasteiger partial charge is 0.508 e. The molecule has 4 N–H and O–H groups in total. The Hall–Kier alpha value is -11.3. The number of benzene rings is 6. The number of carbonyl (C=O) groups is 1. The van der Waals surface area contributed by atoms with E-state index in [9.17, 15) is 15.0 Å². The van der Waals surface area contributed by atoms with Crippen molar-refractivity contribution in [2.24, 2.45) is 14.1 Å². The molecule has 530 valence electrons. The number of aliphatic hydroxyl groups is 1. The minimum atomic E-state index is -0.105. The van der Waals surface area contributed by atoms with Crippen molar-refractivity contribution in [1.29, 1.82) is 0 Å². The Kier molecular flexibility index (Phi) is 24.1. The molecule has 1 aliphatic heterocycles. The molecule has 1 saturated heterocycles. The van der Waals surface area contributed by atoms with E-state index in [1.54, 1.807) is 87.0 Å². The maximum atomic E-state index is 12.8. The number of anilines is 6. The number of H-pyrrole nitrogens is 1. The van der Waals surface area contributed by atoms with Crippen LogP contribution in [0.2, 0.25) is 0 Å². The predicted octanol–water partition coefficient (Wildman–Crippen LogP) is 12.5. The van der Waals surface area contributed by atoms with E-state index in [0.717, 1.165) is 140 Å². The number of aliphatic hydroxyl groups excluding tert-OH is 1. The van der Waals surface area contributed by atoms with E-state index in [-0.39, 0.29) is 30.9 Å². The zero-order valence-electron chi connectivity index (χ0n) is 59.7. The second-order valence-corrected chi connectivity index (χ2v) is 25.1. The number of amides is 1. The quantitative estimate of drug-likeness (QED) is 0.0373. The number of aromatic amines is 1. The average molecular weight is 1380 g/mol. The molecule has 0 unspecified atom stereocenters. The molecule has 13 rings (SSSR count). The molecule has 25 nitrogen and oxygen atoms in total. The van der Waals surface area contributed by atoms with E-state index in [1.165, 1.54) is 31.5 Å². The zero-order valence-corrected chi connectivity index (χ0v) is 59.7. The van der Waals surface area contributed by atoms with Crippen molar-refractivity contribution in [1.82, 2.24) is 74.8 Å². The standard InChI is InChI=1S/C31H41N7O.C25H28N6O3.C21H21N5O3/c1-5-36(6-2)22-24-16-27(18-28(17-24)39-4)38(15-9-14-37-12-7-8-13-37)26-10-11-29-30(19-26)34-31(21-32-29)25-20-33-35(3)23-25;1-16(2)28-25(32)15-31(19-8-20(33-4)11-21(9-19)34-5)18-6-7-22-23(10-18)29-24(13-26-22)17-12-27-30(3)14-17;1-29-18-8-16(7-17(28)10-18)26(5-2-6-27)15-3-4-19-20(9-15)25-21(13-22-19)14-11-23-24-12-14/h10-11,16-21,23H,5-9,12-15,22H2,1-4H3;6-14,16H,15H2,1-5H3,(H,28,32);3-4,7-13,27-28H,2,5-6H2,1H3,(H,23,24). The highest BCUT2D eigenvalue weighted by molar-refractivity contribution is 5.89. The first kappa shape index (κ1) is 72.0. The van der Waals surface area contributed by atoms with Gasteiger partial charge in [-0.25, -0.2) is 15.0 Å².